The number of amides is 1. The molecule has 1 atom stereocenters. The highest BCUT2D eigenvalue weighted by Crippen LogP contribution is 2.20. The number of pyridine rings is 1. The van der Waals surface area contributed by atoms with Crippen LogP contribution in [0.4, 0.5) is 0 Å². The lowest BCUT2D eigenvalue weighted by Crippen LogP contribution is -2.45. The van der Waals surface area contributed by atoms with Crippen LogP contribution in [0.3, 0.4) is 0 Å². The van der Waals surface area contributed by atoms with Gasteiger partial charge in [0, 0.05) is 31.1 Å². The Morgan fingerprint density at radius 1 is 1.33 bits per heavy atom. The third-order valence-corrected chi connectivity index (χ3v) is 4.61. The van der Waals surface area contributed by atoms with Crippen LogP contribution in [0, 0.1) is 0 Å². The minimum absolute atomic E-state index is 0.0277. The van der Waals surface area contributed by atoms with Crippen molar-refractivity contribution in [3.8, 4) is 11.3 Å². The number of nitrogens with zero attached hydrogens (tertiary/aromatic N) is 4. The average Bonchev–Trinajstić information content (AvgIpc) is 2.96. The summed E-state index contributed by atoms with van der Waals surface area (Å²) in [5.41, 5.74) is 1.72. The summed E-state index contributed by atoms with van der Waals surface area (Å²) < 4.78 is 5.40. The first-order valence-corrected chi connectivity index (χ1v) is 8.46. The highest BCUT2D eigenvalue weighted by Gasteiger charge is 2.27. The molecule has 0 aliphatic carbocycles. The van der Waals surface area contributed by atoms with Gasteiger partial charge in [-0.3, -0.25) is 14.7 Å². The Hall–Kier alpha value is -2.21. The summed E-state index contributed by atoms with van der Waals surface area (Å²) in [5.74, 6) is 0.843. The summed E-state index contributed by atoms with van der Waals surface area (Å²) in [6.07, 6.45) is 7.86. The smallest absolute Gasteiger partial charge is 0.240 e. The van der Waals surface area contributed by atoms with Gasteiger partial charge in [0.1, 0.15) is 5.69 Å². The zero-order valence-corrected chi connectivity index (χ0v) is 14.3. The van der Waals surface area contributed by atoms with E-state index in [1.54, 1.807) is 17.3 Å². The first kappa shape index (κ1) is 16.6. The molecule has 6 nitrogen and oxygen atoms in total. The molecule has 0 bridgehead atoms. The Labute approximate surface area is 142 Å². The number of rotatable bonds is 4. The number of hydrogen-bond donors (Lipinski definition) is 0. The molecular weight excluding hydrogens is 304 g/mol. The molecule has 1 amide bonds. The third-order valence-electron chi connectivity index (χ3n) is 4.61. The maximum absolute atomic E-state index is 12.8. The minimum Gasteiger partial charge on any atom is -0.359 e. The van der Waals surface area contributed by atoms with Crippen LogP contribution in [0.15, 0.2) is 35.1 Å². The van der Waals surface area contributed by atoms with Gasteiger partial charge in [0.05, 0.1) is 12.6 Å². The molecule has 3 heterocycles. The van der Waals surface area contributed by atoms with Crippen LogP contribution in [0.2, 0.25) is 0 Å². The topological polar surface area (TPSA) is 62.5 Å². The van der Waals surface area contributed by atoms with Crippen molar-refractivity contribution in [2.75, 3.05) is 20.6 Å². The van der Waals surface area contributed by atoms with Gasteiger partial charge in [0.15, 0.2) is 5.76 Å². The normalized spacial score (nSPS) is 19.0. The van der Waals surface area contributed by atoms with Gasteiger partial charge in [-0.15, -0.1) is 0 Å². The molecule has 0 saturated carbocycles. The minimum atomic E-state index is -0.0277. The van der Waals surface area contributed by atoms with Gasteiger partial charge in [-0.25, -0.2) is 0 Å². The van der Waals surface area contributed by atoms with Gasteiger partial charge in [0.2, 0.25) is 5.91 Å². The molecule has 128 valence electrons. The molecule has 3 rings (SSSR count). The predicted octanol–water partition coefficient (Wildman–Crippen LogP) is 2.57. The molecule has 2 aromatic heterocycles. The molecule has 0 N–H and O–H groups in total. The zero-order valence-electron chi connectivity index (χ0n) is 14.3. The molecule has 1 aliphatic heterocycles. The maximum atomic E-state index is 12.8. The van der Waals surface area contributed by atoms with Crippen molar-refractivity contribution >= 4 is 5.91 Å². The van der Waals surface area contributed by atoms with Crippen LogP contribution >= 0.6 is 0 Å². The van der Waals surface area contributed by atoms with E-state index >= 15 is 0 Å². The van der Waals surface area contributed by atoms with Crippen molar-refractivity contribution in [3.05, 3.63) is 36.4 Å². The lowest BCUT2D eigenvalue weighted by atomic mass is 10.1. The summed E-state index contributed by atoms with van der Waals surface area (Å²) in [6, 6.07) is 5.63. The van der Waals surface area contributed by atoms with E-state index in [9.17, 15) is 4.79 Å². The van der Waals surface area contributed by atoms with Crippen molar-refractivity contribution in [2.45, 2.75) is 38.3 Å². The van der Waals surface area contributed by atoms with E-state index in [2.05, 4.69) is 15.0 Å². The molecular formula is C18H24N4O2. The Morgan fingerprint density at radius 2 is 2.12 bits per heavy atom. The fraction of sp³-hybridized carbons (Fsp3) is 0.500. The molecule has 1 saturated heterocycles. The monoisotopic (exact) mass is 328 g/mol. The van der Waals surface area contributed by atoms with Gasteiger partial charge in [-0.2, -0.15) is 0 Å². The standard InChI is InChI=1S/C18H24N4O2/c1-21-11-5-3-4-6-17(21)18(23)22(2)13-15-12-16(20-24-15)14-7-9-19-10-8-14/h7-10,12,17H,3-6,11,13H2,1-2H3/t17-/m1/s1. The van der Waals surface area contributed by atoms with E-state index in [1.807, 2.05) is 32.3 Å². The van der Waals surface area contributed by atoms with Crippen LogP contribution < -0.4 is 0 Å². The van der Waals surface area contributed by atoms with Crippen LogP contribution in [0.5, 0.6) is 0 Å². The Kier molecular flexibility index (Phi) is 5.25. The van der Waals surface area contributed by atoms with Gasteiger partial charge in [-0.05, 0) is 38.6 Å². The first-order chi connectivity index (χ1) is 11.6. The molecule has 2 aromatic rings. The number of hydrogen-bond acceptors (Lipinski definition) is 5. The van der Waals surface area contributed by atoms with Crippen LogP contribution in [-0.4, -0.2) is 52.5 Å². The molecule has 6 heteroatoms. The summed E-state index contributed by atoms with van der Waals surface area (Å²) in [4.78, 5) is 20.7. The highest BCUT2D eigenvalue weighted by atomic mass is 16.5. The lowest BCUT2D eigenvalue weighted by molar-refractivity contribution is -0.136. The van der Waals surface area contributed by atoms with E-state index in [-0.39, 0.29) is 11.9 Å². The van der Waals surface area contributed by atoms with Crippen molar-refractivity contribution in [2.24, 2.45) is 0 Å². The average molecular weight is 328 g/mol. The second-order valence-corrected chi connectivity index (χ2v) is 6.45. The molecule has 24 heavy (non-hydrogen) atoms. The van der Waals surface area contributed by atoms with Gasteiger partial charge < -0.3 is 9.42 Å². The quantitative estimate of drug-likeness (QED) is 0.863. The van der Waals surface area contributed by atoms with Crippen LogP contribution in [0.25, 0.3) is 11.3 Å². The van der Waals surface area contributed by atoms with Gasteiger partial charge in [-0.1, -0.05) is 18.0 Å². The van der Waals surface area contributed by atoms with Crippen LogP contribution in [-0.2, 0) is 11.3 Å². The highest BCUT2D eigenvalue weighted by molar-refractivity contribution is 5.81. The molecule has 0 aromatic carbocycles. The SMILES string of the molecule is CN(Cc1cc(-c2ccncc2)no1)C(=O)[C@H]1CCCCCN1C. The van der Waals surface area contributed by atoms with Crippen molar-refractivity contribution in [3.63, 3.8) is 0 Å². The second kappa shape index (κ2) is 7.57. The fourth-order valence-corrected chi connectivity index (χ4v) is 3.18. The second-order valence-electron chi connectivity index (χ2n) is 6.45. The largest absolute Gasteiger partial charge is 0.359 e. The summed E-state index contributed by atoms with van der Waals surface area (Å²) in [5, 5.41) is 4.09. The predicted molar refractivity (Wildman–Crippen MR) is 91.1 cm³/mol. The number of likely N-dealkylation sites (tertiary alicyclic amines) is 1. The summed E-state index contributed by atoms with van der Waals surface area (Å²) in [6.45, 7) is 1.42. The van der Waals surface area contributed by atoms with E-state index in [0.717, 1.165) is 30.6 Å². The first-order valence-electron chi connectivity index (χ1n) is 8.46. The van der Waals surface area contributed by atoms with E-state index in [4.69, 9.17) is 4.52 Å². The van der Waals surface area contributed by atoms with Crippen molar-refractivity contribution < 1.29 is 9.32 Å². The maximum Gasteiger partial charge on any atom is 0.240 e. The summed E-state index contributed by atoms with van der Waals surface area (Å²) >= 11 is 0. The Balaban J connectivity index is 1.65. The fourth-order valence-electron chi connectivity index (χ4n) is 3.18. The van der Waals surface area contributed by atoms with Gasteiger partial charge in [0.25, 0.3) is 0 Å². The number of aromatic nitrogens is 2. The molecule has 0 spiro atoms. The molecule has 0 unspecified atom stereocenters. The number of carbonyl (C=O) groups is 1. The Morgan fingerprint density at radius 3 is 2.92 bits per heavy atom. The van der Waals surface area contributed by atoms with Crippen LogP contribution in [0.1, 0.15) is 31.4 Å². The van der Waals surface area contributed by atoms with E-state index < -0.39 is 0 Å². The van der Waals surface area contributed by atoms with Gasteiger partial charge >= 0.3 is 0 Å². The lowest BCUT2D eigenvalue weighted by Gasteiger charge is -2.28. The Bertz CT molecular complexity index is 671. The number of likely N-dealkylation sites (N-methyl/N-ethyl adjacent to an activating group) is 2. The van der Waals surface area contributed by atoms with Crippen molar-refractivity contribution in [1.82, 2.24) is 19.9 Å². The third kappa shape index (κ3) is 3.82. The molecule has 1 fully saturated rings. The van der Waals surface area contributed by atoms with E-state index in [0.29, 0.717) is 12.3 Å². The van der Waals surface area contributed by atoms with E-state index in [1.165, 1.54) is 12.8 Å². The zero-order chi connectivity index (χ0) is 16.9. The number of carbonyl (C=O) groups excluding carboxylic acids is 1. The molecule has 0 radical (unpaired) electrons. The summed E-state index contributed by atoms with van der Waals surface area (Å²) in [7, 11) is 3.87. The molecule has 1 aliphatic rings. The van der Waals surface area contributed by atoms with Crippen molar-refractivity contribution in [1.29, 1.82) is 0 Å².